The van der Waals surface area contributed by atoms with Gasteiger partial charge in [0.1, 0.15) is 0 Å². The first-order chi connectivity index (χ1) is 12.5. The molecule has 6 nitrogen and oxygen atoms in total. The Morgan fingerprint density at radius 1 is 0.923 bits per heavy atom. The topological polar surface area (TPSA) is 63.9 Å². The molecule has 134 valence electrons. The molecule has 0 radical (unpaired) electrons. The van der Waals surface area contributed by atoms with E-state index < -0.39 is 0 Å². The Bertz CT molecular complexity index is 878. The molecule has 1 heterocycles. The summed E-state index contributed by atoms with van der Waals surface area (Å²) >= 11 is 0. The molecule has 1 aromatic heterocycles. The summed E-state index contributed by atoms with van der Waals surface area (Å²) in [6.07, 6.45) is 0. The van der Waals surface area contributed by atoms with E-state index in [1.165, 1.54) is 0 Å². The molecule has 2 aromatic carbocycles. The third kappa shape index (κ3) is 3.35. The summed E-state index contributed by atoms with van der Waals surface area (Å²) in [7, 11) is 0. The third-order valence-corrected chi connectivity index (χ3v) is 4.22. The van der Waals surface area contributed by atoms with Crippen molar-refractivity contribution in [2.24, 2.45) is 0 Å². The minimum atomic E-state index is -0.0202. The Balaban J connectivity index is 2.10. The molecule has 0 unspecified atom stereocenters. The summed E-state index contributed by atoms with van der Waals surface area (Å²) in [6, 6.07) is 17.3. The quantitative estimate of drug-likeness (QED) is 0.706. The van der Waals surface area contributed by atoms with Crippen molar-refractivity contribution < 1.29 is 4.79 Å². The maximum atomic E-state index is 13.2. The zero-order valence-corrected chi connectivity index (χ0v) is 15.5. The molecule has 1 amide bonds. The van der Waals surface area contributed by atoms with Crippen molar-refractivity contribution in [3.8, 4) is 17.1 Å². The Kier molecular flexibility index (Phi) is 5.11. The minimum Gasteiger partial charge on any atom is -0.334 e. The predicted octanol–water partition coefficient (Wildman–Crippen LogP) is 3.59. The number of amides is 1. The fraction of sp³-hybridized carbons (Fsp3) is 0.300. The van der Waals surface area contributed by atoms with E-state index in [1.54, 1.807) is 4.68 Å². The van der Waals surface area contributed by atoms with Crippen molar-refractivity contribution in [3.05, 3.63) is 60.2 Å². The molecule has 0 N–H and O–H groups in total. The Morgan fingerprint density at radius 2 is 1.54 bits per heavy atom. The molecule has 0 aliphatic carbocycles. The van der Waals surface area contributed by atoms with E-state index in [-0.39, 0.29) is 18.0 Å². The molecule has 3 aromatic rings. The predicted molar refractivity (Wildman–Crippen MR) is 101 cm³/mol. The number of hydrogen-bond donors (Lipinski definition) is 0. The monoisotopic (exact) mass is 349 g/mol. The first-order valence-electron chi connectivity index (χ1n) is 8.76. The third-order valence-electron chi connectivity index (χ3n) is 4.22. The second-order valence-corrected chi connectivity index (χ2v) is 6.70. The number of rotatable bonds is 5. The standard InChI is InChI=1S/C20H23N5O/c1-14(2)24(15(3)4)20(26)18-13-9-8-12-17(18)19-21-22-23-25(19)16-10-6-5-7-11-16/h5-15H,1-4H3. The summed E-state index contributed by atoms with van der Waals surface area (Å²) in [5, 5.41) is 12.1. The van der Waals surface area contributed by atoms with Crippen molar-refractivity contribution >= 4 is 5.91 Å². The molecule has 0 atom stereocenters. The smallest absolute Gasteiger partial charge is 0.255 e. The molecule has 3 rings (SSSR count). The number of carbonyl (C=O) groups excluding carboxylic acids is 1. The van der Waals surface area contributed by atoms with Crippen LogP contribution in [0.5, 0.6) is 0 Å². The van der Waals surface area contributed by atoms with Crippen LogP contribution in [0.4, 0.5) is 0 Å². The van der Waals surface area contributed by atoms with Gasteiger partial charge in [0.05, 0.1) is 11.3 Å². The van der Waals surface area contributed by atoms with Gasteiger partial charge in [0.2, 0.25) is 0 Å². The lowest BCUT2D eigenvalue weighted by atomic mass is 10.0. The lowest BCUT2D eigenvalue weighted by Gasteiger charge is -2.31. The first kappa shape index (κ1) is 17.8. The van der Waals surface area contributed by atoms with Gasteiger partial charge in [-0.2, -0.15) is 4.68 Å². The summed E-state index contributed by atoms with van der Waals surface area (Å²) in [5.41, 5.74) is 2.17. The molecule has 0 spiro atoms. The average molecular weight is 349 g/mol. The van der Waals surface area contributed by atoms with Crippen LogP contribution in [0.3, 0.4) is 0 Å². The first-order valence-corrected chi connectivity index (χ1v) is 8.76. The van der Waals surface area contributed by atoms with Crippen molar-refractivity contribution in [1.82, 2.24) is 25.1 Å². The summed E-state index contributed by atoms with van der Waals surface area (Å²) in [5.74, 6) is 0.529. The fourth-order valence-electron chi connectivity index (χ4n) is 3.17. The summed E-state index contributed by atoms with van der Waals surface area (Å²) in [4.78, 5) is 15.1. The number of nitrogens with zero attached hydrogens (tertiary/aromatic N) is 5. The van der Waals surface area contributed by atoms with Gasteiger partial charge in [-0.05, 0) is 56.3 Å². The normalized spacial score (nSPS) is 11.2. The second kappa shape index (κ2) is 7.47. The van der Waals surface area contributed by atoms with Gasteiger partial charge in [0.25, 0.3) is 5.91 Å². The van der Waals surface area contributed by atoms with E-state index >= 15 is 0 Å². The van der Waals surface area contributed by atoms with Gasteiger partial charge in [0, 0.05) is 17.6 Å². The van der Waals surface area contributed by atoms with Gasteiger partial charge in [-0.1, -0.05) is 36.4 Å². The van der Waals surface area contributed by atoms with Crippen LogP contribution < -0.4 is 0 Å². The van der Waals surface area contributed by atoms with Gasteiger partial charge in [0.15, 0.2) is 5.82 Å². The molecule has 0 bridgehead atoms. The highest BCUT2D eigenvalue weighted by Gasteiger charge is 2.25. The van der Waals surface area contributed by atoms with Gasteiger partial charge in [-0.3, -0.25) is 4.79 Å². The highest BCUT2D eigenvalue weighted by molar-refractivity contribution is 6.00. The largest absolute Gasteiger partial charge is 0.334 e. The van der Waals surface area contributed by atoms with E-state index in [9.17, 15) is 4.79 Å². The van der Waals surface area contributed by atoms with Crippen LogP contribution in [-0.4, -0.2) is 43.1 Å². The van der Waals surface area contributed by atoms with Crippen LogP contribution in [-0.2, 0) is 0 Å². The minimum absolute atomic E-state index is 0.0202. The van der Waals surface area contributed by atoms with Gasteiger partial charge < -0.3 is 4.90 Å². The number of carbonyl (C=O) groups is 1. The lowest BCUT2D eigenvalue weighted by Crippen LogP contribution is -2.42. The van der Waals surface area contributed by atoms with Crippen molar-refractivity contribution in [2.45, 2.75) is 39.8 Å². The lowest BCUT2D eigenvalue weighted by molar-refractivity contribution is 0.0644. The van der Waals surface area contributed by atoms with Crippen molar-refractivity contribution in [2.75, 3.05) is 0 Å². The molecule has 0 saturated heterocycles. The highest BCUT2D eigenvalue weighted by atomic mass is 16.2. The van der Waals surface area contributed by atoms with E-state index in [1.807, 2.05) is 87.2 Å². The fourth-order valence-corrected chi connectivity index (χ4v) is 3.17. The number of tetrazole rings is 1. The zero-order valence-electron chi connectivity index (χ0n) is 15.5. The van der Waals surface area contributed by atoms with Crippen LogP contribution in [0.25, 0.3) is 17.1 Å². The highest BCUT2D eigenvalue weighted by Crippen LogP contribution is 2.25. The van der Waals surface area contributed by atoms with Crippen LogP contribution in [0, 0.1) is 0 Å². The molecule has 0 aliphatic heterocycles. The number of aromatic nitrogens is 4. The average Bonchev–Trinajstić information content (AvgIpc) is 3.11. The number of benzene rings is 2. The molecule has 26 heavy (non-hydrogen) atoms. The number of hydrogen-bond acceptors (Lipinski definition) is 4. The zero-order chi connectivity index (χ0) is 18.7. The maximum Gasteiger partial charge on any atom is 0.255 e. The molecule has 0 fully saturated rings. The molecule has 6 heteroatoms. The van der Waals surface area contributed by atoms with Crippen LogP contribution in [0.1, 0.15) is 38.1 Å². The van der Waals surface area contributed by atoms with E-state index in [2.05, 4.69) is 15.5 Å². The van der Waals surface area contributed by atoms with E-state index in [0.29, 0.717) is 11.4 Å². The Hall–Kier alpha value is -3.02. The van der Waals surface area contributed by atoms with Crippen LogP contribution in [0.15, 0.2) is 54.6 Å². The number of para-hydroxylation sites is 1. The van der Waals surface area contributed by atoms with Crippen LogP contribution in [0.2, 0.25) is 0 Å². The van der Waals surface area contributed by atoms with Gasteiger partial charge in [-0.15, -0.1) is 5.10 Å². The summed E-state index contributed by atoms with van der Waals surface area (Å²) in [6.45, 7) is 8.09. The van der Waals surface area contributed by atoms with Gasteiger partial charge >= 0.3 is 0 Å². The van der Waals surface area contributed by atoms with Gasteiger partial charge in [-0.25, -0.2) is 0 Å². The molecular formula is C20H23N5O. The molecule has 0 aliphatic rings. The van der Waals surface area contributed by atoms with E-state index in [4.69, 9.17) is 0 Å². The van der Waals surface area contributed by atoms with Crippen molar-refractivity contribution in [3.63, 3.8) is 0 Å². The molecular weight excluding hydrogens is 326 g/mol. The van der Waals surface area contributed by atoms with E-state index in [0.717, 1.165) is 11.3 Å². The second-order valence-electron chi connectivity index (χ2n) is 6.70. The summed E-state index contributed by atoms with van der Waals surface area (Å²) < 4.78 is 1.65. The molecule has 0 saturated carbocycles. The SMILES string of the molecule is CC(C)N(C(=O)c1ccccc1-c1nnnn1-c1ccccc1)C(C)C. The van der Waals surface area contributed by atoms with Crippen LogP contribution >= 0.6 is 0 Å². The Labute approximate surface area is 153 Å². The van der Waals surface area contributed by atoms with Crippen molar-refractivity contribution in [1.29, 1.82) is 0 Å². The Morgan fingerprint density at radius 3 is 2.19 bits per heavy atom. The maximum absolute atomic E-state index is 13.2.